The van der Waals surface area contributed by atoms with Gasteiger partial charge in [0.25, 0.3) is 0 Å². The molecule has 51 heavy (non-hydrogen) atoms. The van der Waals surface area contributed by atoms with Crippen molar-refractivity contribution in [3.05, 3.63) is 212 Å². The number of benzene rings is 9. The molecule has 9 aromatic carbocycles. The third kappa shape index (κ3) is 5.65. The van der Waals surface area contributed by atoms with E-state index in [4.69, 9.17) is 0 Å². The molecule has 0 amide bonds. The number of fused-ring (bicyclic) bond motifs is 2. The van der Waals surface area contributed by atoms with E-state index in [0.29, 0.717) is 0 Å². The van der Waals surface area contributed by atoms with Crippen molar-refractivity contribution >= 4 is 38.6 Å². The molecular weight excluding hydrogens is 615 g/mol. The fourth-order valence-corrected chi connectivity index (χ4v) is 7.54. The second kappa shape index (κ2) is 13.3. The van der Waals surface area contributed by atoms with Gasteiger partial charge < -0.3 is 4.90 Å². The molecule has 0 unspecified atom stereocenters. The van der Waals surface area contributed by atoms with Crippen LogP contribution in [-0.2, 0) is 0 Å². The van der Waals surface area contributed by atoms with Gasteiger partial charge in [-0.25, -0.2) is 0 Å². The quantitative estimate of drug-likeness (QED) is 0.166. The zero-order chi connectivity index (χ0) is 34.0. The van der Waals surface area contributed by atoms with Crippen LogP contribution in [0, 0.1) is 0 Å². The third-order valence-electron chi connectivity index (χ3n) is 9.88. The second-order valence-corrected chi connectivity index (χ2v) is 12.9. The van der Waals surface area contributed by atoms with Crippen molar-refractivity contribution in [1.82, 2.24) is 0 Å². The molecule has 0 bridgehead atoms. The topological polar surface area (TPSA) is 3.24 Å². The maximum atomic E-state index is 2.45. The summed E-state index contributed by atoms with van der Waals surface area (Å²) < 4.78 is 0. The van der Waals surface area contributed by atoms with Gasteiger partial charge in [0.05, 0.1) is 11.4 Å². The van der Waals surface area contributed by atoms with Gasteiger partial charge in [0, 0.05) is 16.6 Å². The van der Waals surface area contributed by atoms with Crippen LogP contribution in [0.5, 0.6) is 0 Å². The van der Waals surface area contributed by atoms with Crippen molar-refractivity contribution in [2.75, 3.05) is 4.90 Å². The first-order valence-electron chi connectivity index (χ1n) is 17.5. The molecule has 0 aliphatic rings. The maximum Gasteiger partial charge on any atom is 0.0540 e. The Kier molecular flexibility index (Phi) is 7.92. The molecule has 0 aliphatic carbocycles. The molecule has 9 aromatic rings. The van der Waals surface area contributed by atoms with Gasteiger partial charge in [-0.3, -0.25) is 0 Å². The molecule has 0 radical (unpaired) electrons. The van der Waals surface area contributed by atoms with Gasteiger partial charge in [-0.15, -0.1) is 0 Å². The van der Waals surface area contributed by atoms with Gasteiger partial charge >= 0.3 is 0 Å². The molecule has 9 rings (SSSR count). The second-order valence-electron chi connectivity index (χ2n) is 12.9. The molecule has 0 atom stereocenters. The molecule has 1 heteroatoms. The van der Waals surface area contributed by atoms with E-state index < -0.39 is 0 Å². The lowest BCUT2D eigenvalue weighted by Crippen LogP contribution is -2.12. The number of nitrogens with zero attached hydrogens (tertiary/aromatic N) is 1. The lowest BCUT2D eigenvalue weighted by Gasteiger charge is -2.30. The fraction of sp³-hybridized carbons (Fsp3) is 0. The Hall–Kier alpha value is -6.70. The Morgan fingerprint density at radius 1 is 0.255 bits per heavy atom. The smallest absolute Gasteiger partial charge is 0.0540 e. The molecule has 0 N–H and O–H groups in total. The van der Waals surface area contributed by atoms with Gasteiger partial charge in [-0.2, -0.15) is 0 Å². The van der Waals surface area contributed by atoms with Gasteiger partial charge in [-0.1, -0.05) is 188 Å². The van der Waals surface area contributed by atoms with Crippen LogP contribution in [0.1, 0.15) is 0 Å². The van der Waals surface area contributed by atoms with Crippen LogP contribution >= 0.6 is 0 Å². The summed E-state index contributed by atoms with van der Waals surface area (Å²) in [5.74, 6) is 0. The highest BCUT2D eigenvalue weighted by Gasteiger charge is 2.22. The predicted molar refractivity (Wildman–Crippen MR) is 218 cm³/mol. The number of para-hydroxylation sites is 1. The van der Waals surface area contributed by atoms with Crippen molar-refractivity contribution in [3.8, 4) is 44.5 Å². The standard InChI is InChI=1S/C50H35N/c1-2-17-36(18-3-1)42-26-8-9-28-45(42)46-29-10-11-30-47(46)48-31-12-13-33-50(48)51(49-34-16-22-38-20-5-7-27-44(38)49)40-24-14-23-39(35-40)43-32-15-21-37-19-4-6-25-41(37)43/h1-35H. The van der Waals surface area contributed by atoms with Crippen molar-refractivity contribution < 1.29 is 0 Å². The minimum Gasteiger partial charge on any atom is -0.309 e. The van der Waals surface area contributed by atoms with E-state index in [9.17, 15) is 0 Å². The van der Waals surface area contributed by atoms with Gasteiger partial charge in [0.15, 0.2) is 0 Å². The highest BCUT2D eigenvalue weighted by atomic mass is 15.1. The van der Waals surface area contributed by atoms with Crippen LogP contribution in [0.3, 0.4) is 0 Å². The van der Waals surface area contributed by atoms with Crippen molar-refractivity contribution in [3.63, 3.8) is 0 Å². The number of hydrogen-bond acceptors (Lipinski definition) is 1. The average molecular weight is 650 g/mol. The largest absolute Gasteiger partial charge is 0.309 e. The number of rotatable bonds is 7. The van der Waals surface area contributed by atoms with Gasteiger partial charge in [0.2, 0.25) is 0 Å². The zero-order valence-corrected chi connectivity index (χ0v) is 28.2. The molecule has 0 aromatic heterocycles. The van der Waals surface area contributed by atoms with Crippen LogP contribution in [0.15, 0.2) is 212 Å². The summed E-state index contributed by atoms with van der Waals surface area (Å²) in [5.41, 5.74) is 13.0. The lowest BCUT2D eigenvalue weighted by molar-refractivity contribution is 1.30. The van der Waals surface area contributed by atoms with Crippen LogP contribution in [0.2, 0.25) is 0 Å². The van der Waals surface area contributed by atoms with Crippen LogP contribution in [0.25, 0.3) is 66.1 Å². The zero-order valence-electron chi connectivity index (χ0n) is 28.2. The maximum absolute atomic E-state index is 2.45. The highest BCUT2D eigenvalue weighted by molar-refractivity contribution is 6.04. The summed E-state index contributed by atoms with van der Waals surface area (Å²) >= 11 is 0. The normalized spacial score (nSPS) is 11.1. The Balaban J connectivity index is 1.28. The Bertz CT molecular complexity index is 2640. The van der Waals surface area contributed by atoms with E-state index >= 15 is 0 Å². The Morgan fingerprint density at radius 3 is 1.47 bits per heavy atom. The van der Waals surface area contributed by atoms with Gasteiger partial charge in [0.1, 0.15) is 0 Å². The SMILES string of the molecule is c1ccc(-c2ccccc2-c2ccccc2-c2ccccc2N(c2cccc(-c3cccc4ccccc34)c2)c2cccc3ccccc23)cc1. The van der Waals surface area contributed by atoms with E-state index in [0.717, 1.165) is 17.1 Å². The van der Waals surface area contributed by atoms with Crippen LogP contribution < -0.4 is 4.90 Å². The molecule has 0 saturated carbocycles. The van der Waals surface area contributed by atoms with E-state index in [1.165, 1.54) is 66.1 Å². The first-order valence-corrected chi connectivity index (χ1v) is 17.5. The van der Waals surface area contributed by atoms with E-state index in [1.807, 2.05) is 0 Å². The van der Waals surface area contributed by atoms with Crippen molar-refractivity contribution in [2.24, 2.45) is 0 Å². The molecular formula is C50H35N. The van der Waals surface area contributed by atoms with Gasteiger partial charge in [-0.05, 0) is 79.4 Å². The summed E-state index contributed by atoms with van der Waals surface area (Å²) in [6.45, 7) is 0. The van der Waals surface area contributed by atoms with E-state index in [1.54, 1.807) is 0 Å². The number of anilines is 3. The highest BCUT2D eigenvalue weighted by Crippen LogP contribution is 2.47. The summed E-state index contributed by atoms with van der Waals surface area (Å²) in [6, 6.07) is 76.7. The summed E-state index contributed by atoms with van der Waals surface area (Å²) in [7, 11) is 0. The van der Waals surface area contributed by atoms with E-state index in [2.05, 4.69) is 217 Å². The Labute approximate surface area is 299 Å². The minimum atomic E-state index is 1.10. The average Bonchev–Trinajstić information content (AvgIpc) is 3.21. The molecule has 240 valence electrons. The fourth-order valence-electron chi connectivity index (χ4n) is 7.54. The first kappa shape index (κ1) is 30.4. The molecule has 0 saturated heterocycles. The summed E-state index contributed by atoms with van der Waals surface area (Å²) in [6.07, 6.45) is 0. The molecule has 0 spiro atoms. The number of hydrogen-bond donors (Lipinski definition) is 0. The minimum absolute atomic E-state index is 1.10. The summed E-state index contributed by atoms with van der Waals surface area (Å²) in [5, 5.41) is 4.90. The molecule has 0 heterocycles. The molecule has 0 aliphatic heterocycles. The van der Waals surface area contributed by atoms with Crippen molar-refractivity contribution in [2.45, 2.75) is 0 Å². The Morgan fingerprint density at radius 2 is 0.706 bits per heavy atom. The third-order valence-corrected chi connectivity index (χ3v) is 9.88. The summed E-state index contributed by atoms with van der Waals surface area (Å²) in [4.78, 5) is 2.45. The van der Waals surface area contributed by atoms with Crippen molar-refractivity contribution in [1.29, 1.82) is 0 Å². The monoisotopic (exact) mass is 649 g/mol. The lowest BCUT2D eigenvalue weighted by atomic mass is 9.88. The van der Waals surface area contributed by atoms with E-state index in [-0.39, 0.29) is 0 Å². The molecule has 0 fully saturated rings. The van der Waals surface area contributed by atoms with Crippen LogP contribution in [0.4, 0.5) is 17.1 Å². The van der Waals surface area contributed by atoms with Crippen LogP contribution in [-0.4, -0.2) is 0 Å². The predicted octanol–water partition coefficient (Wildman–Crippen LogP) is 14.1. The molecule has 1 nitrogen and oxygen atoms in total. The first-order chi connectivity index (χ1) is 25.3.